The van der Waals surface area contributed by atoms with Crippen molar-refractivity contribution < 1.29 is 5.21 Å². The van der Waals surface area contributed by atoms with Crippen molar-refractivity contribution in [1.82, 2.24) is 24.5 Å². The molecule has 0 radical (unpaired) electrons. The topological polar surface area (TPSA) is 124 Å². The van der Waals surface area contributed by atoms with Gasteiger partial charge in [0.25, 0.3) is 5.56 Å². The van der Waals surface area contributed by atoms with Crippen molar-refractivity contribution in [2.75, 3.05) is 0 Å². The van der Waals surface area contributed by atoms with E-state index >= 15 is 0 Å². The van der Waals surface area contributed by atoms with E-state index in [1.807, 2.05) is 17.7 Å². The third-order valence-electron chi connectivity index (χ3n) is 4.52. The summed E-state index contributed by atoms with van der Waals surface area (Å²) in [4.78, 5) is 17.3. The highest BCUT2D eigenvalue weighted by molar-refractivity contribution is 5.79. The minimum Gasteiger partial charge on any atom is -0.409 e. The van der Waals surface area contributed by atoms with Crippen molar-refractivity contribution in [3.63, 3.8) is 0 Å². The number of amidine groups is 1. The van der Waals surface area contributed by atoms with Gasteiger partial charge in [-0.2, -0.15) is 0 Å². The van der Waals surface area contributed by atoms with Crippen molar-refractivity contribution >= 4 is 5.84 Å². The van der Waals surface area contributed by atoms with Gasteiger partial charge in [0.05, 0.1) is 5.69 Å². The van der Waals surface area contributed by atoms with Crippen molar-refractivity contribution in [1.29, 1.82) is 0 Å². The maximum absolute atomic E-state index is 12.7. The summed E-state index contributed by atoms with van der Waals surface area (Å²) in [5, 5.41) is 19.6. The molecule has 1 aliphatic rings. The van der Waals surface area contributed by atoms with Gasteiger partial charge in [0.2, 0.25) is 0 Å². The first-order chi connectivity index (χ1) is 12.1. The van der Waals surface area contributed by atoms with Gasteiger partial charge in [-0.25, -0.2) is 4.98 Å². The average molecular weight is 345 g/mol. The zero-order valence-electron chi connectivity index (χ0n) is 14.4. The lowest BCUT2D eigenvalue weighted by Crippen LogP contribution is -2.32. The van der Waals surface area contributed by atoms with E-state index in [4.69, 9.17) is 10.9 Å². The summed E-state index contributed by atoms with van der Waals surface area (Å²) in [5.41, 5.74) is 7.86. The standard InChI is InChI=1S/C16H23N7O2/c1-11-13(16(24)23-8-3-2-4-15(23)18-11)7-9-22-10-12(19-21-22)5-6-14(17)20-25/h10,25H,2-9H2,1H3,(H2,17,20). The molecular weight excluding hydrogens is 322 g/mol. The zero-order chi connectivity index (χ0) is 17.8. The predicted octanol–water partition coefficient (Wildman–Crippen LogP) is 0.401. The fourth-order valence-corrected chi connectivity index (χ4v) is 3.11. The van der Waals surface area contributed by atoms with Crippen LogP contribution in [0.4, 0.5) is 0 Å². The van der Waals surface area contributed by atoms with Crippen LogP contribution in [0.3, 0.4) is 0 Å². The number of nitrogens with zero attached hydrogens (tertiary/aromatic N) is 6. The number of nitrogens with two attached hydrogens (primary N) is 1. The van der Waals surface area contributed by atoms with Crippen LogP contribution in [0, 0.1) is 6.92 Å². The molecule has 0 aliphatic carbocycles. The van der Waals surface area contributed by atoms with Crippen LogP contribution in [0.5, 0.6) is 0 Å². The van der Waals surface area contributed by atoms with Gasteiger partial charge in [0, 0.05) is 49.8 Å². The predicted molar refractivity (Wildman–Crippen MR) is 91.6 cm³/mol. The lowest BCUT2D eigenvalue weighted by atomic mass is 10.1. The number of fused-ring (bicyclic) bond motifs is 1. The summed E-state index contributed by atoms with van der Waals surface area (Å²) in [6, 6.07) is 0. The molecule has 3 rings (SSSR count). The summed E-state index contributed by atoms with van der Waals surface area (Å²) >= 11 is 0. The van der Waals surface area contributed by atoms with Gasteiger partial charge in [-0.1, -0.05) is 10.4 Å². The van der Waals surface area contributed by atoms with Crippen LogP contribution in [-0.4, -0.2) is 35.6 Å². The quantitative estimate of drug-likeness (QED) is 0.338. The van der Waals surface area contributed by atoms with Crippen molar-refractivity contribution in [2.24, 2.45) is 10.9 Å². The summed E-state index contributed by atoms with van der Waals surface area (Å²) in [6.45, 7) is 3.22. The molecule has 0 amide bonds. The Morgan fingerprint density at radius 2 is 2.24 bits per heavy atom. The third kappa shape index (κ3) is 3.86. The SMILES string of the molecule is Cc1nc2n(c(=O)c1CCn1cc(CC/C(N)=N/O)nn1)CCCC2. The molecule has 9 heteroatoms. The van der Waals surface area contributed by atoms with Gasteiger partial charge in [0.1, 0.15) is 11.7 Å². The Labute approximate surface area is 145 Å². The molecule has 2 aromatic heterocycles. The first kappa shape index (κ1) is 17.1. The number of aryl methyl sites for hydroxylation is 4. The number of hydrogen-bond donors (Lipinski definition) is 2. The molecule has 1 aliphatic heterocycles. The van der Waals surface area contributed by atoms with Crippen LogP contribution >= 0.6 is 0 Å². The highest BCUT2D eigenvalue weighted by atomic mass is 16.4. The summed E-state index contributed by atoms with van der Waals surface area (Å²) in [5.74, 6) is 1.07. The van der Waals surface area contributed by atoms with E-state index in [0.29, 0.717) is 25.8 Å². The number of aromatic nitrogens is 5. The number of hydrogen-bond acceptors (Lipinski definition) is 6. The first-order valence-electron chi connectivity index (χ1n) is 8.53. The Kier molecular flexibility index (Phi) is 5.11. The second-order valence-electron chi connectivity index (χ2n) is 6.32. The van der Waals surface area contributed by atoms with E-state index in [0.717, 1.165) is 48.6 Å². The fourth-order valence-electron chi connectivity index (χ4n) is 3.11. The number of oxime groups is 1. The Morgan fingerprint density at radius 3 is 3.04 bits per heavy atom. The smallest absolute Gasteiger partial charge is 0.257 e. The molecule has 0 saturated heterocycles. The van der Waals surface area contributed by atoms with E-state index in [2.05, 4.69) is 20.5 Å². The average Bonchev–Trinajstić information content (AvgIpc) is 3.07. The maximum atomic E-state index is 12.7. The fraction of sp³-hybridized carbons (Fsp3) is 0.562. The highest BCUT2D eigenvalue weighted by Crippen LogP contribution is 2.13. The van der Waals surface area contributed by atoms with Gasteiger partial charge < -0.3 is 10.9 Å². The van der Waals surface area contributed by atoms with Gasteiger partial charge in [-0.3, -0.25) is 14.0 Å². The van der Waals surface area contributed by atoms with Crippen LogP contribution < -0.4 is 11.3 Å². The molecule has 3 N–H and O–H groups in total. The minimum absolute atomic E-state index is 0.0782. The van der Waals surface area contributed by atoms with Crippen molar-refractivity contribution in [3.8, 4) is 0 Å². The van der Waals surface area contributed by atoms with Gasteiger partial charge in [-0.05, 0) is 26.2 Å². The largest absolute Gasteiger partial charge is 0.409 e. The third-order valence-corrected chi connectivity index (χ3v) is 4.52. The summed E-state index contributed by atoms with van der Waals surface area (Å²) in [7, 11) is 0. The Balaban J connectivity index is 1.68. The maximum Gasteiger partial charge on any atom is 0.257 e. The van der Waals surface area contributed by atoms with E-state index in [1.165, 1.54) is 0 Å². The summed E-state index contributed by atoms with van der Waals surface area (Å²) in [6.07, 6.45) is 6.37. The molecule has 0 bridgehead atoms. The molecule has 0 unspecified atom stereocenters. The molecule has 9 nitrogen and oxygen atoms in total. The molecule has 0 aromatic carbocycles. The molecule has 25 heavy (non-hydrogen) atoms. The van der Waals surface area contributed by atoms with Gasteiger partial charge in [0.15, 0.2) is 0 Å². The zero-order valence-corrected chi connectivity index (χ0v) is 14.4. The second kappa shape index (κ2) is 7.45. The van der Waals surface area contributed by atoms with E-state index in [-0.39, 0.29) is 11.4 Å². The molecule has 0 fully saturated rings. The van der Waals surface area contributed by atoms with E-state index in [9.17, 15) is 4.79 Å². The molecule has 0 saturated carbocycles. The highest BCUT2D eigenvalue weighted by Gasteiger charge is 2.17. The Morgan fingerprint density at radius 1 is 1.40 bits per heavy atom. The van der Waals surface area contributed by atoms with Crippen LogP contribution in [0.15, 0.2) is 16.1 Å². The van der Waals surface area contributed by atoms with Crippen LogP contribution in [0.2, 0.25) is 0 Å². The van der Waals surface area contributed by atoms with E-state index in [1.54, 1.807) is 4.68 Å². The minimum atomic E-state index is 0.0782. The van der Waals surface area contributed by atoms with Gasteiger partial charge in [-0.15, -0.1) is 5.10 Å². The van der Waals surface area contributed by atoms with Crippen LogP contribution in [0.25, 0.3) is 0 Å². The lowest BCUT2D eigenvalue weighted by molar-refractivity contribution is 0.317. The van der Waals surface area contributed by atoms with Crippen molar-refractivity contribution in [3.05, 3.63) is 39.3 Å². The van der Waals surface area contributed by atoms with Crippen LogP contribution in [0.1, 0.15) is 42.0 Å². The van der Waals surface area contributed by atoms with Crippen LogP contribution in [-0.2, 0) is 32.4 Å². The molecule has 3 heterocycles. The second-order valence-corrected chi connectivity index (χ2v) is 6.32. The monoisotopic (exact) mass is 345 g/mol. The number of rotatable bonds is 6. The molecule has 2 aromatic rings. The van der Waals surface area contributed by atoms with E-state index < -0.39 is 0 Å². The lowest BCUT2D eigenvalue weighted by Gasteiger charge is -2.19. The van der Waals surface area contributed by atoms with Crippen molar-refractivity contribution in [2.45, 2.75) is 58.5 Å². The first-order valence-corrected chi connectivity index (χ1v) is 8.53. The Bertz CT molecular complexity index is 837. The van der Waals surface area contributed by atoms with Gasteiger partial charge >= 0.3 is 0 Å². The summed E-state index contributed by atoms with van der Waals surface area (Å²) < 4.78 is 3.53. The molecule has 0 spiro atoms. The molecule has 0 atom stereocenters. The molecule has 134 valence electrons. The normalized spacial score (nSPS) is 14.5. The Hall–Kier alpha value is -2.71. The molecular formula is C16H23N7O2.